The zero-order chi connectivity index (χ0) is 18.7. The average molecular weight is 344 g/mol. The van der Waals surface area contributed by atoms with Crippen LogP contribution in [0.1, 0.15) is 49.1 Å². The molecule has 3 aromatic rings. The van der Waals surface area contributed by atoms with Crippen molar-refractivity contribution >= 4 is 17.3 Å². The van der Waals surface area contributed by atoms with Crippen molar-refractivity contribution < 1.29 is 19.5 Å². The van der Waals surface area contributed by atoms with E-state index in [1.807, 2.05) is 0 Å². The van der Waals surface area contributed by atoms with Crippen molar-refractivity contribution in [2.45, 2.75) is 6.92 Å². The van der Waals surface area contributed by atoms with Gasteiger partial charge in [-0.2, -0.15) is 0 Å². The summed E-state index contributed by atoms with van der Waals surface area (Å²) in [6, 6.07) is 19.2. The van der Waals surface area contributed by atoms with E-state index in [-0.39, 0.29) is 39.6 Å². The molecule has 0 unspecified atom stereocenters. The molecule has 0 heterocycles. The molecule has 0 bridgehead atoms. The maximum atomic E-state index is 12.8. The Balaban J connectivity index is 2.11. The van der Waals surface area contributed by atoms with Crippen LogP contribution >= 0.6 is 0 Å². The Hall–Kier alpha value is -3.53. The molecule has 4 nitrogen and oxygen atoms in total. The summed E-state index contributed by atoms with van der Waals surface area (Å²) in [4.78, 5) is 37.4. The number of aromatic hydroxyl groups is 1. The molecule has 4 heteroatoms. The monoisotopic (exact) mass is 344 g/mol. The Labute approximate surface area is 150 Å². The fourth-order valence-electron chi connectivity index (χ4n) is 2.67. The van der Waals surface area contributed by atoms with Crippen molar-refractivity contribution in [2.75, 3.05) is 0 Å². The highest BCUT2D eigenvalue weighted by Gasteiger charge is 2.18. The number of carbonyl (C=O) groups excluding carboxylic acids is 3. The first-order chi connectivity index (χ1) is 12.5. The third-order valence-electron chi connectivity index (χ3n) is 4.05. The van der Waals surface area contributed by atoms with Gasteiger partial charge in [-0.3, -0.25) is 14.4 Å². The molecular formula is C22H16O4. The molecular weight excluding hydrogens is 328 g/mol. The third-order valence-corrected chi connectivity index (χ3v) is 4.05. The van der Waals surface area contributed by atoms with Crippen LogP contribution in [0.4, 0.5) is 0 Å². The van der Waals surface area contributed by atoms with E-state index in [1.165, 1.54) is 37.3 Å². The van der Waals surface area contributed by atoms with Crippen LogP contribution in [0.25, 0.3) is 0 Å². The highest BCUT2D eigenvalue weighted by molar-refractivity contribution is 6.15. The molecule has 1 N–H and O–H groups in total. The molecule has 0 spiro atoms. The number of hydrogen-bond acceptors (Lipinski definition) is 4. The number of ketones is 3. The Morgan fingerprint density at radius 1 is 0.654 bits per heavy atom. The van der Waals surface area contributed by atoms with Crippen LogP contribution in [0.3, 0.4) is 0 Å². The molecule has 0 aliphatic rings. The van der Waals surface area contributed by atoms with Gasteiger partial charge in [-0.1, -0.05) is 42.5 Å². The molecule has 0 fully saturated rings. The molecule has 26 heavy (non-hydrogen) atoms. The van der Waals surface area contributed by atoms with Crippen LogP contribution in [0.2, 0.25) is 0 Å². The normalized spacial score (nSPS) is 10.3. The largest absolute Gasteiger partial charge is 0.507 e. The van der Waals surface area contributed by atoms with Crippen molar-refractivity contribution in [2.24, 2.45) is 0 Å². The van der Waals surface area contributed by atoms with Crippen molar-refractivity contribution in [1.82, 2.24) is 0 Å². The molecule has 0 amide bonds. The lowest BCUT2D eigenvalue weighted by molar-refractivity contribution is 0.101. The van der Waals surface area contributed by atoms with E-state index in [0.29, 0.717) is 5.56 Å². The van der Waals surface area contributed by atoms with E-state index in [9.17, 15) is 19.5 Å². The Bertz CT molecular complexity index is 1000. The molecule has 0 aliphatic carbocycles. The van der Waals surface area contributed by atoms with Crippen molar-refractivity contribution in [3.8, 4) is 5.75 Å². The van der Waals surface area contributed by atoms with Gasteiger partial charge in [0.1, 0.15) is 5.75 Å². The molecule has 0 saturated heterocycles. The van der Waals surface area contributed by atoms with Crippen LogP contribution in [0.15, 0.2) is 72.8 Å². The van der Waals surface area contributed by atoms with Gasteiger partial charge in [-0.15, -0.1) is 0 Å². The number of Topliss-reactive ketones (excluding diaryl/α,β-unsaturated/α-hetero) is 1. The molecule has 0 radical (unpaired) electrons. The number of carbonyl (C=O) groups is 3. The highest BCUT2D eigenvalue weighted by atomic mass is 16.3. The number of benzene rings is 3. The van der Waals surface area contributed by atoms with Crippen molar-refractivity contribution in [3.63, 3.8) is 0 Å². The minimum Gasteiger partial charge on any atom is -0.507 e. The van der Waals surface area contributed by atoms with E-state index >= 15 is 0 Å². The summed E-state index contributed by atoms with van der Waals surface area (Å²) in [5.41, 5.74) is 1.28. The van der Waals surface area contributed by atoms with Crippen molar-refractivity contribution in [1.29, 1.82) is 0 Å². The van der Waals surface area contributed by atoms with E-state index in [1.54, 1.807) is 42.5 Å². The van der Waals surface area contributed by atoms with Crippen molar-refractivity contribution in [3.05, 3.63) is 101 Å². The second kappa shape index (κ2) is 7.15. The zero-order valence-electron chi connectivity index (χ0n) is 14.1. The van der Waals surface area contributed by atoms with E-state index < -0.39 is 5.78 Å². The molecule has 3 aromatic carbocycles. The minimum absolute atomic E-state index is 0.117. The fraction of sp³-hybridized carbons (Fsp3) is 0.0455. The summed E-state index contributed by atoms with van der Waals surface area (Å²) >= 11 is 0. The van der Waals surface area contributed by atoms with Crippen LogP contribution < -0.4 is 0 Å². The number of para-hydroxylation sites is 1. The van der Waals surface area contributed by atoms with E-state index in [4.69, 9.17) is 0 Å². The molecule has 128 valence electrons. The number of hydrogen-bond donors (Lipinski definition) is 1. The van der Waals surface area contributed by atoms with Gasteiger partial charge < -0.3 is 5.11 Å². The van der Waals surface area contributed by atoms with Crippen LogP contribution in [0, 0.1) is 0 Å². The quantitative estimate of drug-likeness (QED) is 0.709. The number of phenolic OH excluding ortho intramolecular Hbond substituents is 1. The summed E-state index contributed by atoms with van der Waals surface area (Å²) in [6.45, 7) is 1.38. The van der Waals surface area contributed by atoms with Gasteiger partial charge in [0.25, 0.3) is 0 Å². The van der Waals surface area contributed by atoms with E-state index in [2.05, 4.69) is 0 Å². The number of phenols is 1. The third kappa shape index (κ3) is 3.44. The summed E-state index contributed by atoms with van der Waals surface area (Å²) < 4.78 is 0. The summed E-state index contributed by atoms with van der Waals surface area (Å²) in [6.07, 6.45) is 0. The van der Waals surface area contributed by atoms with Gasteiger partial charge in [0.2, 0.25) is 0 Å². The topological polar surface area (TPSA) is 71.4 Å². The standard InChI is InChI=1S/C22H16O4/c1-14(23)16-11-17(21(25)15-7-3-2-4-8-15)13-18(12-16)22(26)19-9-5-6-10-20(19)24/h2-13,24H,1H3. The van der Waals surface area contributed by atoms with Gasteiger partial charge in [-0.05, 0) is 37.3 Å². The van der Waals surface area contributed by atoms with E-state index in [0.717, 1.165) is 0 Å². The second-order valence-electron chi connectivity index (χ2n) is 5.90. The SMILES string of the molecule is CC(=O)c1cc(C(=O)c2ccccc2)cc(C(=O)c2ccccc2O)c1. The predicted octanol–water partition coefficient (Wildman–Crippen LogP) is 4.06. The number of rotatable bonds is 5. The van der Waals surface area contributed by atoms with Gasteiger partial charge in [-0.25, -0.2) is 0 Å². The molecule has 0 saturated carbocycles. The minimum atomic E-state index is -0.451. The maximum absolute atomic E-state index is 12.8. The lowest BCUT2D eigenvalue weighted by Crippen LogP contribution is -2.09. The molecule has 0 aromatic heterocycles. The second-order valence-corrected chi connectivity index (χ2v) is 5.90. The first-order valence-electron chi connectivity index (χ1n) is 8.06. The molecule has 0 atom stereocenters. The summed E-state index contributed by atoms with van der Waals surface area (Å²) in [5, 5.41) is 9.92. The fourth-order valence-corrected chi connectivity index (χ4v) is 2.67. The Morgan fingerprint density at radius 2 is 1.19 bits per heavy atom. The smallest absolute Gasteiger partial charge is 0.196 e. The molecule has 3 rings (SSSR count). The van der Waals surface area contributed by atoms with Gasteiger partial charge in [0.15, 0.2) is 17.3 Å². The maximum Gasteiger partial charge on any atom is 0.196 e. The zero-order valence-corrected chi connectivity index (χ0v) is 14.1. The predicted molar refractivity (Wildman–Crippen MR) is 97.9 cm³/mol. The van der Waals surface area contributed by atoms with Crippen LogP contribution in [0.5, 0.6) is 5.75 Å². The summed E-state index contributed by atoms with van der Waals surface area (Å²) in [5.74, 6) is -1.13. The average Bonchev–Trinajstić information content (AvgIpc) is 2.67. The Kier molecular flexibility index (Phi) is 4.76. The van der Waals surface area contributed by atoms with Gasteiger partial charge >= 0.3 is 0 Å². The van der Waals surface area contributed by atoms with Gasteiger partial charge in [0.05, 0.1) is 5.56 Å². The lowest BCUT2D eigenvalue weighted by Gasteiger charge is -2.09. The summed E-state index contributed by atoms with van der Waals surface area (Å²) in [7, 11) is 0. The highest BCUT2D eigenvalue weighted by Crippen LogP contribution is 2.23. The van der Waals surface area contributed by atoms with Crippen LogP contribution in [-0.2, 0) is 0 Å². The first-order valence-corrected chi connectivity index (χ1v) is 8.06. The van der Waals surface area contributed by atoms with Crippen LogP contribution in [-0.4, -0.2) is 22.5 Å². The van der Waals surface area contributed by atoms with Gasteiger partial charge in [0, 0.05) is 22.3 Å². The molecule has 0 aliphatic heterocycles. The lowest BCUT2D eigenvalue weighted by atomic mass is 9.94. The first kappa shape index (κ1) is 17.3. The Morgan fingerprint density at radius 3 is 1.81 bits per heavy atom.